The number of halogens is 5. The average Bonchev–Trinajstić information content (AvgIpc) is 2.51. The molecule has 0 aliphatic heterocycles. The standard InChI is InChI=1S/C11H20F3N2.C11H21F2N2.2Cu/c1-6-7-9(16-10(3,4)5)15-8(2)11(12,13)14;1-6-7-9(15-11(3,4)5)14-8(2)10(12)13;;/h8H,6-7H2,1-5H3;8,10H,6-7H2,1-5H3;;/q2*-1;2*+1. The third-order valence-electron chi connectivity index (χ3n) is 3.41. The van der Waals surface area contributed by atoms with Gasteiger partial charge in [0.15, 0.2) is 0 Å². The van der Waals surface area contributed by atoms with Gasteiger partial charge in [-0.25, -0.2) is 8.78 Å². The normalized spacial score (nSPS) is 14.9. The van der Waals surface area contributed by atoms with Crippen LogP contribution in [0.1, 0.15) is 94.9 Å². The quantitative estimate of drug-likeness (QED) is 0.125. The molecule has 0 saturated heterocycles. The Hall–Kier alpha value is -0.371. The van der Waals surface area contributed by atoms with E-state index in [4.69, 9.17) is 0 Å². The van der Waals surface area contributed by atoms with Gasteiger partial charge in [0.1, 0.15) is 0 Å². The van der Waals surface area contributed by atoms with Crippen LogP contribution in [-0.4, -0.2) is 47.4 Å². The van der Waals surface area contributed by atoms with Crippen LogP contribution < -0.4 is 0 Å². The molecule has 0 aliphatic carbocycles. The predicted molar refractivity (Wildman–Crippen MR) is 122 cm³/mol. The van der Waals surface area contributed by atoms with E-state index in [1.165, 1.54) is 6.92 Å². The summed E-state index contributed by atoms with van der Waals surface area (Å²) >= 11 is 0. The van der Waals surface area contributed by atoms with E-state index >= 15 is 0 Å². The molecule has 0 aromatic carbocycles. The van der Waals surface area contributed by atoms with Crippen molar-refractivity contribution in [2.45, 2.75) is 131 Å². The molecule has 0 aromatic heterocycles. The summed E-state index contributed by atoms with van der Waals surface area (Å²) in [6.07, 6.45) is -3.94. The number of aliphatic imine (C=N–C) groups is 2. The van der Waals surface area contributed by atoms with Crippen LogP contribution in [0.25, 0.3) is 10.6 Å². The second-order valence-electron chi connectivity index (χ2n) is 9.45. The summed E-state index contributed by atoms with van der Waals surface area (Å²) in [5.41, 5.74) is -0.644. The van der Waals surface area contributed by atoms with Gasteiger partial charge in [-0.15, -0.1) is 0 Å². The number of hydrogen-bond acceptors (Lipinski definition) is 2. The Morgan fingerprint density at radius 3 is 1.30 bits per heavy atom. The molecule has 0 N–H and O–H groups in total. The van der Waals surface area contributed by atoms with Crippen molar-refractivity contribution in [3.8, 4) is 0 Å². The molecule has 0 bridgehead atoms. The van der Waals surface area contributed by atoms with Crippen molar-refractivity contribution in [1.29, 1.82) is 0 Å². The van der Waals surface area contributed by atoms with Crippen LogP contribution in [0.2, 0.25) is 0 Å². The number of alkyl halides is 5. The fourth-order valence-corrected chi connectivity index (χ4v) is 2.11. The molecule has 0 amide bonds. The van der Waals surface area contributed by atoms with Gasteiger partial charge in [0, 0.05) is 6.04 Å². The van der Waals surface area contributed by atoms with Crippen molar-refractivity contribution in [3.63, 3.8) is 0 Å². The van der Waals surface area contributed by atoms with Crippen molar-refractivity contribution < 1.29 is 56.1 Å². The minimum absolute atomic E-state index is 0. The molecule has 0 fully saturated rings. The van der Waals surface area contributed by atoms with Crippen LogP contribution in [0.3, 0.4) is 0 Å². The summed E-state index contributed by atoms with van der Waals surface area (Å²) in [5.74, 6) is 0.859. The molecule has 0 radical (unpaired) electrons. The van der Waals surface area contributed by atoms with E-state index in [9.17, 15) is 22.0 Å². The second kappa shape index (κ2) is 18.0. The topological polar surface area (TPSA) is 52.9 Å². The summed E-state index contributed by atoms with van der Waals surface area (Å²) in [6.45, 7) is 17.7. The van der Waals surface area contributed by atoms with Gasteiger partial charge in [0.2, 0.25) is 6.43 Å². The largest absolute Gasteiger partial charge is 1.00 e. The number of rotatable bonds is 7. The molecule has 2 atom stereocenters. The molecule has 0 aliphatic rings. The van der Waals surface area contributed by atoms with E-state index in [0.29, 0.717) is 24.5 Å². The Bertz CT molecular complexity index is 554. The third kappa shape index (κ3) is 24.6. The Morgan fingerprint density at radius 1 is 0.727 bits per heavy atom. The Morgan fingerprint density at radius 2 is 1.06 bits per heavy atom. The van der Waals surface area contributed by atoms with E-state index < -0.39 is 24.7 Å². The smallest absolute Gasteiger partial charge is 0.463 e. The molecule has 0 rings (SSSR count). The Balaban J connectivity index is -0.000000241. The molecule has 11 heteroatoms. The van der Waals surface area contributed by atoms with Gasteiger partial charge in [-0.1, -0.05) is 93.8 Å². The summed E-state index contributed by atoms with van der Waals surface area (Å²) in [6, 6.07) is -2.64. The second-order valence-corrected chi connectivity index (χ2v) is 9.45. The summed E-state index contributed by atoms with van der Waals surface area (Å²) in [5, 5.41) is 7.60. The molecule has 33 heavy (non-hydrogen) atoms. The Kier molecular flexibility index (Phi) is 21.7. The summed E-state index contributed by atoms with van der Waals surface area (Å²) in [7, 11) is 0. The van der Waals surface area contributed by atoms with Crippen LogP contribution in [0.5, 0.6) is 0 Å². The first kappa shape index (κ1) is 39.8. The molecule has 0 spiro atoms. The summed E-state index contributed by atoms with van der Waals surface area (Å²) < 4.78 is 61.6. The first-order valence-corrected chi connectivity index (χ1v) is 10.8. The van der Waals surface area contributed by atoms with E-state index in [2.05, 4.69) is 20.6 Å². The van der Waals surface area contributed by atoms with Crippen molar-refractivity contribution in [3.05, 3.63) is 10.6 Å². The van der Waals surface area contributed by atoms with Crippen molar-refractivity contribution in [2.24, 2.45) is 9.98 Å². The minimum Gasteiger partial charge on any atom is -0.463 e. The maximum absolute atomic E-state index is 12.3. The van der Waals surface area contributed by atoms with Crippen molar-refractivity contribution in [1.82, 2.24) is 0 Å². The molecule has 206 valence electrons. The minimum atomic E-state index is -4.29. The molecule has 0 aromatic rings. The molecular weight excluding hydrogens is 542 g/mol. The van der Waals surface area contributed by atoms with Crippen LogP contribution in [0.15, 0.2) is 9.98 Å². The van der Waals surface area contributed by atoms with Crippen LogP contribution >= 0.6 is 0 Å². The van der Waals surface area contributed by atoms with Gasteiger partial charge in [0.05, 0.1) is 6.04 Å². The van der Waals surface area contributed by atoms with Gasteiger partial charge in [-0.05, 0) is 23.9 Å². The van der Waals surface area contributed by atoms with E-state index in [0.717, 1.165) is 19.8 Å². The zero-order chi connectivity index (χ0) is 25.0. The van der Waals surface area contributed by atoms with Crippen molar-refractivity contribution >= 4 is 11.7 Å². The van der Waals surface area contributed by atoms with Gasteiger partial charge in [-0.2, -0.15) is 13.2 Å². The SMILES string of the molecule is CCCC(=NC(C)(C)C)[N-]C(C)C(F)(F)F.CCCC(=NC(C)(C)C)[N-]C(C)C(F)F.[Cu+].[Cu+]. The predicted octanol–water partition coefficient (Wildman–Crippen LogP) is 8.31. The van der Waals surface area contributed by atoms with Gasteiger partial charge < -0.3 is 20.6 Å². The fraction of sp³-hybridized carbons (Fsp3) is 0.909. The van der Waals surface area contributed by atoms with Gasteiger partial charge in [-0.3, -0.25) is 0 Å². The van der Waals surface area contributed by atoms with Crippen LogP contribution in [-0.2, 0) is 34.1 Å². The van der Waals surface area contributed by atoms with Crippen LogP contribution in [0.4, 0.5) is 22.0 Å². The third-order valence-corrected chi connectivity index (χ3v) is 3.41. The zero-order valence-electron chi connectivity index (χ0n) is 21.3. The van der Waals surface area contributed by atoms with E-state index in [-0.39, 0.29) is 45.2 Å². The first-order valence-electron chi connectivity index (χ1n) is 10.8. The van der Waals surface area contributed by atoms with Gasteiger partial charge in [0.25, 0.3) is 0 Å². The fourth-order valence-electron chi connectivity index (χ4n) is 2.11. The molecule has 0 heterocycles. The number of nitrogens with zero attached hydrogens (tertiary/aromatic N) is 4. The molecular formula is C22H41Cu2F5N4. The Labute approximate surface area is 218 Å². The van der Waals surface area contributed by atoms with Gasteiger partial charge >= 0.3 is 40.3 Å². The molecule has 4 nitrogen and oxygen atoms in total. The average molecular weight is 584 g/mol. The monoisotopic (exact) mass is 582 g/mol. The van der Waals surface area contributed by atoms with Crippen LogP contribution in [0, 0.1) is 0 Å². The van der Waals surface area contributed by atoms with E-state index in [1.807, 2.05) is 55.4 Å². The van der Waals surface area contributed by atoms with E-state index in [1.54, 1.807) is 0 Å². The molecule has 2 unspecified atom stereocenters. The zero-order valence-corrected chi connectivity index (χ0v) is 23.2. The van der Waals surface area contributed by atoms with Crippen molar-refractivity contribution in [2.75, 3.05) is 0 Å². The number of hydrogen-bond donors (Lipinski definition) is 0. The summed E-state index contributed by atoms with van der Waals surface area (Å²) in [4.78, 5) is 8.54. The maximum Gasteiger partial charge on any atom is 1.00 e. The maximum atomic E-state index is 12.3. The number of amidine groups is 2. The first-order chi connectivity index (χ1) is 13.8. The molecule has 0 saturated carbocycles.